The number of halogens is 1. The van der Waals surface area contributed by atoms with Gasteiger partial charge in [0.1, 0.15) is 19.0 Å². The van der Waals surface area contributed by atoms with E-state index in [9.17, 15) is 4.39 Å². The van der Waals surface area contributed by atoms with Crippen LogP contribution >= 0.6 is 0 Å². The van der Waals surface area contributed by atoms with E-state index < -0.39 is 6.67 Å². The van der Waals surface area contributed by atoms with Crippen molar-refractivity contribution in [1.29, 1.82) is 0 Å². The van der Waals surface area contributed by atoms with Crippen LogP contribution in [-0.4, -0.2) is 58.3 Å². The van der Waals surface area contributed by atoms with Crippen LogP contribution in [0.1, 0.15) is 24.0 Å². The topological polar surface area (TPSA) is 43.4 Å². The number of anilines is 1. The first-order valence-corrected chi connectivity index (χ1v) is 10.8. The van der Waals surface area contributed by atoms with Crippen LogP contribution in [0.3, 0.4) is 0 Å². The van der Waals surface area contributed by atoms with Crippen LogP contribution in [0.4, 0.5) is 10.1 Å². The van der Waals surface area contributed by atoms with E-state index in [0.717, 1.165) is 68.6 Å². The Morgan fingerprint density at radius 2 is 1.84 bits per heavy atom. The Morgan fingerprint density at radius 1 is 1.03 bits per heavy atom. The predicted octanol–water partition coefficient (Wildman–Crippen LogP) is 4.01. The summed E-state index contributed by atoms with van der Waals surface area (Å²) in [6.07, 6.45) is 2.04. The minimum atomic E-state index is -0.489. The third-order valence-corrected chi connectivity index (χ3v) is 5.94. The van der Waals surface area contributed by atoms with Crippen LogP contribution in [0.15, 0.2) is 36.4 Å². The molecule has 31 heavy (non-hydrogen) atoms. The second kappa shape index (κ2) is 10.2. The molecule has 0 aliphatic carbocycles. The van der Waals surface area contributed by atoms with Crippen molar-refractivity contribution in [3.05, 3.63) is 47.5 Å². The molecular formula is C24H31FN2O4. The molecule has 0 atom stereocenters. The Hall–Kier alpha value is -2.51. The number of benzene rings is 2. The first kappa shape index (κ1) is 21.7. The Morgan fingerprint density at radius 3 is 2.58 bits per heavy atom. The molecule has 0 amide bonds. The van der Waals surface area contributed by atoms with Crippen molar-refractivity contribution in [3.63, 3.8) is 0 Å². The van der Waals surface area contributed by atoms with E-state index in [1.54, 1.807) is 14.2 Å². The summed E-state index contributed by atoms with van der Waals surface area (Å²) in [5.41, 5.74) is 3.61. The highest BCUT2D eigenvalue weighted by Crippen LogP contribution is 2.35. The van der Waals surface area contributed by atoms with Crippen molar-refractivity contribution in [2.45, 2.75) is 32.0 Å². The number of methoxy groups -OCH3 is 2. The number of fused-ring (bicyclic) bond motifs is 1. The zero-order valence-corrected chi connectivity index (χ0v) is 18.3. The van der Waals surface area contributed by atoms with Crippen molar-refractivity contribution in [1.82, 2.24) is 4.90 Å². The highest BCUT2D eigenvalue weighted by Gasteiger charge is 2.29. The summed E-state index contributed by atoms with van der Waals surface area (Å²) < 4.78 is 34.6. The molecule has 2 heterocycles. The molecule has 0 saturated carbocycles. The molecule has 0 unspecified atom stereocenters. The second-order valence-corrected chi connectivity index (χ2v) is 7.96. The largest absolute Gasteiger partial charge is 0.493 e. The van der Waals surface area contributed by atoms with Crippen molar-refractivity contribution in [3.8, 4) is 17.2 Å². The monoisotopic (exact) mass is 430 g/mol. The maximum absolute atomic E-state index is 12.6. The number of nitrogens with zero attached hydrogens (tertiary/aromatic N) is 2. The lowest BCUT2D eigenvalue weighted by atomic mass is 10.0. The molecule has 168 valence electrons. The highest BCUT2D eigenvalue weighted by molar-refractivity contribution is 5.58. The quantitative estimate of drug-likeness (QED) is 0.631. The summed E-state index contributed by atoms with van der Waals surface area (Å²) in [6, 6.07) is 12.6. The van der Waals surface area contributed by atoms with E-state index in [0.29, 0.717) is 6.04 Å². The minimum Gasteiger partial charge on any atom is -0.493 e. The molecule has 0 radical (unpaired) electrons. The zero-order chi connectivity index (χ0) is 21.6. The number of alkyl halides is 1. The molecule has 4 rings (SSSR count). The molecule has 2 aromatic rings. The van der Waals surface area contributed by atoms with Crippen LogP contribution in [0.2, 0.25) is 0 Å². The molecule has 0 N–H and O–H groups in total. The lowest BCUT2D eigenvalue weighted by molar-refractivity contribution is 0.0793. The van der Waals surface area contributed by atoms with Crippen molar-refractivity contribution in [2.24, 2.45) is 0 Å². The van der Waals surface area contributed by atoms with E-state index in [4.69, 9.17) is 18.9 Å². The standard InChI is InChI=1S/C24H31FN2O4/c1-28-23-6-3-18(13-24(23)29-2)15-26-16-19-14-21(31-12-9-25)4-5-22(19)27(17-26)20-7-10-30-11-8-20/h3-6,13-14,20H,7-12,15-17H2,1-2H3. The van der Waals surface area contributed by atoms with Gasteiger partial charge in [-0.2, -0.15) is 0 Å². The molecule has 7 heteroatoms. The Labute approximate surface area is 183 Å². The van der Waals surface area contributed by atoms with E-state index in [2.05, 4.69) is 28.0 Å². The fourth-order valence-electron chi connectivity index (χ4n) is 4.45. The SMILES string of the molecule is COc1ccc(CN2Cc3cc(OCCF)ccc3N(C3CCOCC3)C2)cc1OC. The van der Waals surface area contributed by atoms with E-state index in [1.165, 1.54) is 11.3 Å². The van der Waals surface area contributed by atoms with Gasteiger partial charge in [-0.1, -0.05) is 6.07 Å². The third kappa shape index (κ3) is 5.05. The summed E-state index contributed by atoms with van der Waals surface area (Å²) in [5.74, 6) is 2.19. The van der Waals surface area contributed by atoms with Gasteiger partial charge in [-0.05, 0) is 54.3 Å². The third-order valence-electron chi connectivity index (χ3n) is 5.94. The lowest BCUT2D eigenvalue weighted by Gasteiger charge is -2.44. The fraction of sp³-hybridized carbons (Fsp3) is 0.500. The van der Waals surface area contributed by atoms with Crippen LogP contribution in [0, 0.1) is 0 Å². The van der Waals surface area contributed by atoms with Gasteiger partial charge in [-0.25, -0.2) is 4.39 Å². The van der Waals surface area contributed by atoms with E-state index >= 15 is 0 Å². The van der Waals surface area contributed by atoms with Gasteiger partial charge >= 0.3 is 0 Å². The molecule has 0 bridgehead atoms. The number of hydrogen-bond donors (Lipinski definition) is 0. The van der Waals surface area contributed by atoms with Crippen LogP contribution in [0.5, 0.6) is 17.2 Å². The van der Waals surface area contributed by atoms with Gasteiger partial charge in [-0.3, -0.25) is 4.90 Å². The fourth-order valence-corrected chi connectivity index (χ4v) is 4.45. The van der Waals surface area contributed by atoms with Crippen LogP contribution in [-0.2, 0) is 17.8 Å². The average molecular weight is 431 g/mol. The zero-order valence-electron chi connectivity index (χ0n) is 18.3. The second-order valence-electron chi connectivity index (χ2n) is 7.96. The van der Waals surface area contributed by atoms with Crippen molar-refractivity contribution >= 4 is 5.69 Å². The number of hydrogen-bond acceptors (Lipinski definition) is 6. The van der Waals surface area contributed by atoms with Crippen LogP contribution < -0.4 is 19.1 Å². The highest BCUT2D eigenvalue weighted by atomic mass is 19.1. The van der Waals surface area contributed by atoms with Gasteiger partial charge in [-0.15, -0.1) is 0 Å². The molecule has 1 saturated heterocycles. The van der Waals surface area contributed by atoms with Gasteiger partial charge in [0.15, 0.2) is 11.5 Å². The molecule has 2 aliphatic heterocycles. The van der Waals surface area contributed by atoms with Crippen LogP contribution in [0.25, 0.3) is 0 Å². The maximum Gasteiger partial charge on any atom is 0.161 e. The molecule has 1 fully saturated rings. The molecule has 0 aromatic heterocycles. The number of ether oxygens (including phenoxy) is 4. The summed E-state index contributed by atoms with van der Waals surface area (Å²) in [5, 5.41) is 0. The minimum absolute atomic E-state index is 0.0812. The lowest BCUT2D eigenvalue weighted by Crippen LogP contribution is -2.49. The maximum atomic E-state index is 12.6. The van der Waals surface area contributed by atoms with Gasteiger partial charge in [0.05, 0.1) is 20.9 Å². The Bertz CT molecular complexity index is 873. The molecule has 2 aromatic carbocycles. The summed E-state index contributed by atoms with van der Waals surface area (Å²) in [4.78, 5) is 4.90. The number of rotatable bonds is 8. The van der Waals surface area contributed by atoms with Crippen molar-refractivity contribution < 1.29 is 23.3 Å². The first-order valence-electron chi connectivity index (χ1n) is 10.8. The van der Waals surface area contributed by atoms with E-state index in [1.807, 2.05) is 18.2 Å². The first-order chi connectivity index (χ1) is 15.2. The molecule has 0 spiro atoms. The average Bonchev–Trinajstić information content (AvgIpc) is 2.82. The van der Waals surface area contributed by atoms with Crippen molar-refractivity contribution in [2.75, 3.05) is 52.3 Å². The van der Waals surface area contributed by atoms with E-state index in [-0.39, 0.29) is 6.61 Å². The van der Waals surface area contributed by atoms with Gasteiger partial charge < -0.3 is 23.8 Å². The Kier molecular flexibility index (Phi) is 7.14. The smallest absolute Gasteiger partial charge is 0.161 e. The summed E-state index contributed by atoms with van der Waals surface area (Å²) in [6.45, 7) is 3.62. The molecule has 2 aliphatic rings. The Balaban J connectivity index is 1.58. The summed E-state index contributed by atoms with van der Waals surface area (Å²) >= 11 is 0. The molecule has 6 nitrogen and oxygen atoms in total. The van der Waals surface area contributed by atoms with Gasteiger partial charge in [0.2, 0.25) is 0 Å². The normalized spacial score (nSPS) is 17.3. The molecular weight excluding hydrogens is 399 g/mol. The van der Waals surface area contributed by atoms with Gasteiger partial charge in [0, 0.05) is 38.0 Å². The summed E-state index contributed by atoms with van der Waals surface area (Å²) in [7, 11) is 3.30. The van der Waals surface area contributed by atoms with Gasteiger partial charge in [0.25, 0.3) is 0 Å². The predicted molar refractivity (Wildman–Crippen MR) is 118 cm³/mol.